The summed E-state index contributed by atoms with van der Waals surface area (Å²) < 4.78 is 0. The molecule has 1 aromatic rings. The van der Waals surface area contributed by atoms with Crippen LogP contribution >= 0.6 is 12.4 Å². The average molecular weight is 230 g/mol. The van der Waals surface area contributed by atoms with Crippen LogP contribution in [0.25, 0.3) is 0 Å². The van der Waals surface area contributed by atoms with Gasteiger partial charge in [0.25, 0.3) is 0 Å². The van der Waals surface area contributed by atoms with Crippen molar-refractivity contribution in [1.29, 1.82) is 0 Å². The number of carbonyl (C=O) groups excluding carboxylic acids is 1. The van der Waals surface area contributed by atoms with Gasteiger partial charge in [-0.1, -0.05) is 6.07 Å². The van der Waals surface area contributed by atoms with Crippen molar-refractivity contribution in [3.63, 3.8) is 0 Å². The van der Waals surface area contributed by atoms with Crippen LogP contribution in [0.3, 0.4) is 0 Å². The Balaban J connectivity index is 0.00000196. The summed E-state index contributed by atoms with van der Waals surface area (Å²) in [6, 6.07) is 3.73. The van der Waals surface area contributed by atoms with Gasteiger partial charge in [-0.15, -0.1) is 12.4 Å². The van der Waals surface area contributed by atoms with Gasteiger partial charge in [-0.3, -0.25) is 9.78 Å². The summed E-state index contributed by atoms with van der Waals surface area (Å²) in [4.78, 5) is 15.3. The van der Waals surface area contributed by atoms with Crippen LogP contribution < -0.4 is 11.1 Å². The maximum absolute atomic E-state index is 11.4. The second-order valence-corrected chi connectivity index (χ2v) is 3.77. The molecule has 0 saturated carbocycles. The van der Waals surface area contributed by atoms with Gasteiger partial charge in [0, 0.05) is 18.9 Å². The Morgan fingerprint density at radius 2 is 2.27 bits per heavy atom. The zero-order valence-corrected chi connectivity index (χ0v) is 9.67. The van der Waals surface area contributed by atoms with E-state index in [4.69, 9.17) is 5.73 Å². The summed E-state index contributed by atoms with van der Waals surface area (Å²) in [6.07, 6.45) is 3.40. The van der Waals surface area contributed by atoms with Crippen molar-refractivity contribution in [2.45, 2.75) is 25.9 Å². The zero-order valence-electron chi connectivity index (χ0n) is 8.86. The van der Waals surface area contributed by atoms with E-state index in [1.807, 2.05) is 12.1 Å². The van der Waals surface area contributed by atoms with Crippen LogP contribution in [0.4, 0.5) is 0 Å². The monoisotopic (exact) mass is 229 g/mol. The third kappa shape index (κ3) is 4.76. The molecule has 5 heteroatoms. The molecule has 0 unspecified atom stereocenters. The molecule has 1 heterocycles. The van der Waals surface area contributed by atoms with Crippen molar-refractivity contribution in [1.82, 2.24) is 10.3 Å². The van der Waals surface area contributed by atoms with Crippen molar-refractivity contribution >= 4 is 18.3 Å². The van der Waals surface area contributed by atoms with Crippen molar-refractivity contribution in [3.8, 4) is 0 Å². The quantitative estimate of drug-likeness (QED) is 0.808. The molecule has 0 saturated heterocycles. The minimum absolute atomic E-state index is 0. The molecule has 0 fully saturated rings. The molecule has 0 aliphatic carbocycles. The number of nitrogens with one attached hydrogen (secondary N) is 1. The van der Waals surface area contributed by atoms with Gasteiger partial charge in [-0.2, -0.15) is 0 Å². The van der Waals surface area contributed by atoms with Crippen LogP contribution in [0.5, 0.6) is 0 Å². The van der Waals surface area contributed by atoms with E-state index in [1.165, 1.54) is 0 Å². The molecule has 84 valence electrons. The van der Waals surface area contributed by atoms with Gasteiger partial charge >= 0.3 is 0 Å². The van der Waals surface area contributed by atoms with Crippen LogP contribution in [0.1, 0.15) is 19.4 Å². The number of halogens is 1. The molecule has 0 bridgehead atoms. The Hall–Kier alpha value is -1.13. The molecule has 1 aromatic heterocycles. The Bertz CT molecular complexity index is 308. The van der Waals surface area contributed by atoms with Gasteiger partial charge in [0.1, 0.15) is 0 Å². The van der Waals surface area contributed by atoms with E-state index >= 15 is 0 Å². The van der Waals surface area contributed by atoms with E-state index in [0.717, 1.165) is 5.56 Å². The Labute approximate surface area is 95.7 Å². The molecule has 0 aliphatic heterocycles. The molecular formula is C10H16ClN3O. The molecule has 0 radical (unpaired) electrons. The van der Waals surface area contributed by atoms with E-state index in [0.29, 0.717) is 6.54 Å². The minimum Gasteiger partial charge on any atom is -0.350 e. The number of rotatable bonds is 3. The van der Waals surface area contributed by atoms with Crippen LogP contribution in [0.2, 0.25) is 0 Å². The van der Waals surface area contributed by atoms with Crippen LogP contribution in [0.15, 0.2) is 24.5 Å². The smallest absolute Gasteiger partial charge is 0.239 e. The first-order valence-electron chi connectivity index (χ1n) is 4.46. The molecule has 0 spiro atoms. The van der Waals surface area contributed by atoms with Crippen molar-refractivity contribution < 1.29 is 4.79 Å². The fraction of sp³-hybridized carbons (Fsp3) is 0.400. The normalized spacial score (nSPS) is 10.3. The third-order valence-electron chi connectivity index (χ3n) is 1.76. The Morgan fingerprint density at radius 1 is 1.60 bits per heavy atom. The standard InChI is InChI=1S/C10H15N3O.ClH/c1-10(2,11)9(14)13-7-8-4-3-5-12-6-8;/h3-6H,7,11H2,1-2H3,(H,13,14);1H. The van der Waals surface area contributed by atoms with Gasteiger partial charge < -0.3 is 11.1 Å². The lowest BCUT2D eigenvalue weighted by atomic mass is 10.1. The van der Waals surface area contributed by atoms with E-state index < -0.39 is 5.54 Å². The summed E-state index contributed by atoms with van der Waals surface area (Å²) in [6.45, 7) is 3.81. The van der Waals surface area contributed by atoms with Gasteiger partial charge in [0.05, 0.1) is 5.54 Å². The van der Waals surface area contributed by atoms with E-state index in [2.05, 4.69) is 10.3 Å². The van der Waals surface area contributed by atoms with Gasteiger partial charge in [0.15, 0.2) is 0 Å². The number of hydrogen-bond donors (Lipinski definition) is 2. The van der Waals surface area contributed by atoms with E-state index in [1.54, 1.807) is 26.2 Å². The summed E-state index contributed by atoms with van der Waals surface area (Å²) in [5.74, 6) is -0.165. The summed E-state index contributed by atoms with van der Waals surface area (Å²) >= 11 is 0. The SMILES string of the molecule is CC(C)(N)C(=O)NCc1cccnc1.Cl. The molecule has 0 aliphatic rings. The summed E-state index contributed by atoms with van der Waals surface area (Å²) in [5, 5.41) is 2.73. The van der Waals surface area contributed by atoms with Gasteiger partial charge in [-0.05, 0) is 25.5 Å². The average Bonchev–Trinajstić information content (AvgIpc) is 2.14. The zero-order chi connectivity index (χ0) is 10.6. The number of carbonyl (C=O) groups is 1. The minimum atomic E-state index is -0.831. The van der Waals surface area contributed by atoms with Crippen LogP contribution in [-0.2, 0) is 11.3 Å². The summed E-state index contributed by atoms with van der Waals surface area (Å²) in [5.41, 5.74) is 5.75. The van der Waals surface area contributed by atoms with Crippen LogP contribution in [0, 0.1) is 0 Å². The lowest BCUT2D eigenvalue weighted by molar-refractivity contribution is -0.125. The first kappa shape index (κ1) is 13.9. The third-order valence-corrected chi connectivity index (χ3v) is 1.76. The Morgan fingerprint density at radius 3 is 2.73 bits per heavy atom. The highest BCUT2D eigenvalue weighted by molar-refractivity contribution is 5.85. The van der Waals surface area contributed by atoms with E-state index in [-0.39, 0.29) is 18.3 Å². The predicted molar refractivity (Wildman–Crippen MR) is 61.6 cm³/mol. The van der Waals surface area contributed by atoms with Crippen molar-refractivity contribution in [3.05, 3.63) is 30.1 Å². The maximum Gasteiger partial charge on any atom is 0.239 e. The highest BCUT2D eigenvalue weighted by Gasteiger charge is 2.20. The number of nitrogens with zero attached hydrogens (tertiary/aromatic N) is 1. The fourth-order valence-electron chi connectivity index (χ4n) is 0.913. The highest BCUT2D eigenvalue weighted by Crippen LogP contribution is 1.98. The molecule has 1 amide bonds. The van der Waals surface area contributed by atoms with Gasteiger partial charge in [0.2, 0.25) is 5.91 Å². The molecule has 4 nitrogen and oxygen atoms in total. The molecule has 0 aromatic carbocycles. The lowest BCUT2D eigenvalue weighted by Gasteiger charge is -2.17. The molecule has 3 N–H and O–H groups in total. The lowest BCUT2D eigenvalue weighted by Crippen LogP contribution is -2.48. The van der Waals surface area contributed by atoms with Gasteiger partial charge in [-0.25, -0.2) is 0 Å². The largest absolute Gasteiger partial charge is 0.350 e. The molecule has 0 atom stereocenters. The number of nitrogens with two attached hydrogens (primary N) is 1. The maximum atomic E-state index is 11.4. The highest BCUT2D eigenvalue weighted by atomic mass is 35.5. The Kier molecular flexibility index (Phi) is 5.25. The van der Waals surface area contributed by atoms with Crippen molar-refractivity contribution in [2.24, 2.45) is 5.73 Å². The summed E-state index contributed by atoms with van der Waals surface area (Å²) in [7, 11) is 0. The second-order valence-electron chi connectivity index (χ2n) is 3.77. The van der Waals surface area contributed by atoms with E-state index in [9.17, 15) is 4.79 Å². The number of amides is 1. The first-order chi connectivity index (χ1) is 6.50. The number of aromatic nitrogens is 1. The topological polar surface area (TPSA) is 68.0 Å². The molecule has 1 rings (SSSR count). The van der Waals surface area contributed by atoms with Crippen LogP contribution in [-0.4, -0.2) is 16.4 Å². The predicted octanol–water partition coefficient (Wildman–Crippen LogP) is 0.857. The fourth-order valence-corrected chi connectivity index (χ4v) is 0.913. The number of hydrogen-bond acceptors (Lipinski definition) is 3. The van der Waals surface area contributed by atoms with Crippen molar-refractivity contribution in [2.75, 3.05) is 0 Å². The first-order valence-corrected chi connectivity index (χ1v) is 4.46. The second kappa shape index (κ2) is 5.68. The molecule has 15 heavy (non-hydrogen) atoms. The molecular weight excluding hydrogens is 214 g/mol. The number of pyridine rings is 1.